The number of halogens is 6. The van der Waals surface area contributed by atoms with Crippen LogP contribution in [0, 0.1) is 0 Å². The molecule has 10 heteroatoms. The van der Waals surface area contributed by atoms with E-state index in [1.54, 1.807) is 0 Å². The molecule has 0 fully saturated rings. The molecule has 128 valence electrons. The molecule has 1 unspecified atom stereocenters. The molecule has 23 heavy (non-hydrogen) atoms. The number of esters is 1. The van der Waals surface area contributed by atoms with Crippen molar-refractivity contribution in [3.8, 4) is 5.75 Å². The van der Waals surface area contributed by atoms with Crippen molar-refractivity contribution in [2.75, 3.05) is 18.8 Å². The number of rotatable bonds is 3. The van der Waals surface area contributed by atoms with Crippen LogP contribution >= 0.6 is 0 Å². The van der Waals surface area contributed by atoms with Gasteiger partial charge in [0.25, 0.3) is 0 Å². The lowest BCUT2D eigenvalue weighted by Crippen LogP contribution is -2.69. The molecule has 1 atom stereocenters. The zero-order chi connectivity index (χ0) is 17.6. The minimum Gasteiger partial charge on any atom is -0.497 e. The lowest BCUT2D eigenvalue weighted by atomic mass is 9.84. The average Bonchev–Trinajstić information content (AvgIpc) is 2.51. The van der Waals surface area contributed by atoms with E-state index in [1.165, 1.54) is 0 Å². The number of carbonyl (C=O) groups excluding carboxylic acids is 1. The summed E-state index contributed by atoms with van der Waals surface area (Å²) in [5.41, 5.74) is -7.97. The van der Waals surface area contributed by atoms with Crippen molar-refractivity contribution < 1.29 is 40.7 Å². The zero-order valence-corrected chi connectivity index (χ0v) is 11.9. The van der Waals surface area contributed by atoms with Crippen LogP contribution in [-0.4, -0.2) is 31.4 Å². The van der Waals surface area contributed by atoms with Crippen LogP contribution in [-0.2, 0) is 15.5 Å². The van der Waals surface area contributed by atoms with Gasteiger partial charge in [0.15, 0.2) is 0 Å². The highest BCUT2D eigenvalue weighted by Gasteiger charge is 2.82. The predicted octanol–water partition coefficient (Wildman–Crippen LogP) is 3.36. The minimum atomic E-state index is -5.50. The molecule has 1 heterocycles. The predicted molar refractivity (Wildman–Crippen MR) is 65.9 cm³/mol. The SMILES string of the molecule is CCOC(=O)C1(F)C(F)(F)c2ccc(OC)cc2N(F)C1(F)F. The topological polar surface area (TPSA) is 38.8 Å². The average molecular weight is 343 g/mol. The van der Waals surface area contributed by atoms with Crippen molar-refractivity contribution in [2.24, 2.45) is 0 Å². The molecule has 1 aliphatic rings. The van der Waals surface area contributed by atoms with E-state index in [4.69, 9.17) is 0 Å². The normalized spacial score (nSPS) is 24.8. The number of benzene rings is 1. The summed E-state index contributed by atoms with van der Waals surface area (Å²) in [6.07, 6.45) is 0. The highest BCUT2D eigenvalue weighted by Crippen LogP contribution is 2.59. The molecule has 0 N–H and O–H groups in total. The molecular formula is C13H11F6NO3. The highest BCUT2D eigenvalue weighted by molar-refractivity contribution is 5.86. The summed E-state index contributed by atoms with van der Waals surface area (Å²) in [5.74, 6) is -7.80. The van der Waals surface area contributed by atoms with Crippen molar-refractivity contribution >= 4 is 11.7 Å². The Morgan fingerprint density at radius 1 is 1.22 bits per heavy atom. The van der Waals surface area contributed by atoms with Crippen molar-refractivity contribution in [1.82, 2.24) is 0 Å². The third-order valence-electron chi connectivity index (χ3n) is 3.41. The number of ether oxygens (including phenoxy) is 2. The molecule has 1 aromatic rings. The first-order chi connectivity index (χ1) is 10.6. The van der Waals surface area contributed by atoms with E-state index >= 15 is 0 Å². The van der Waals surface area contributed by atoms with Gasteiger partial charge in [0.2, 0.25) is 0 Å². The molecule has 0 spiro atoms. The minimum absolute atomic E-state index is 0.208. The van der Waals surface area contributed by atoms with Crippen LogP contribution < -0.4 is 9.86 Å². The second-order valence-electron chi connectivity index (χ2n) is 4.66. The first-order valence-electron chi connectivity index (χ1n) is 6.32. The molecule has 0 bridgehead atoms. The highest BCUT2D eigenvalue weighted by atomic mass is 19.3. The van der Waals surface area contributed by atoms with Gasteiger partial charge in [-0.15, -0.1) is 5.12 Å². The Morgan fingerprint density at radius 3 is 2.35 bits per heavy atom. The van der Waals surface area contributed by atoms with E-state index in [2.05, 4.69) is 9.47 Å². The standard InChI is InChI=1S/C13H11F6NO3/c1-3-23-10(21)11(14)12(15,16)8-5-4-7(22-2)6-9(8)20(19)13(11,17)18/h4-6H,3H2,1-2H3. The van der Waals surface area contributed by atoms with E-state index in [1.807, 2.05) is 0 Å². The van der Waals surface area contributed by atoms with E-state index in [0.29, 0.717) is 12.1 Å². The maximum Gasteiger partial charge on any atom is 0.402 e. The van der Waals surface area contributed by atoms with Gasteiger partial charge < -0.3 is 9.47 Å². The van der Waals surface area contributed by atoms with E-state index in [0.717, 1.165) is 20.1 Å². The van der Waals surface area contributed by atoms with Gasteiger partial charge >= 0.3 is 23.6 Å². The Balaban J connectivity index is 2.74. The van der Waals surface area contributed by atoms with Crippen LogP contribution in [0.25, 0.3) is 0 Å². The van der Waals surface area contributed by atoms with Crippen molar-refractivity contribution in [2.45, 2.75) is 24.6 Å². The Kier molecular flexibility index (Phi) is 3.90. The smallest absolute Gasteiger partial charge is 0.402 e. The van der Waals surface area contributed by atoms with Crippen LogP contribution in [0.3, 0.4) is 0 Å². The lowest BCUT2D eigenvalue weighted by Gasteiger charge is -2.44. The molecule has 1 aliphatic heterocycles. The molecule has 4 nitrogen and oxygen atoms in total. The monoisotopic (exact) mass is 343 g/mol. The first-order valence-corrected chi connectivity index (χ1v) is 6.32. The third-order valence-corrected chi connectivity index (χ3v) is 3.41. The molecule has 1 aromatic carbocycles. The lowest BCUT2D eigenvalue weighted by molar-refractivity contribution is -0.272. The van der Waals surface area contributed by atoms with Crippen molar-refractivity contribution in [1.29, 1.82) is 0 Å². The maximum atomic E-state index is 14.5. The second kappa shape index (κ2) is 5.20. The molecule has 0 aliphatic carbocycles. The van der Waals surface area contributed by atoms with Gasteiger partial charge in [-0.05, 0) is 19.1 Å². The summed E-state index contributed by atoms with van der Waals surface area (Å²) in [4.78, 5) is 11.5. The quantitative estimate of drug-likeness (QED) is 0.365. The molecule has 0 saturated carbocycles. The molecule has 0 saturated heterocycles. The number of carbonyl (C=O) groups is 1. The molecule has 0 amide bonds. The second-order valence-corrected chi connectivity index (χ2v) is 4.66. The summed E-state index contributed by atoms with van der Waals surface area (Å²) < 4.78 is 93.7. The third kappa shape index (κ3) is 2.03. The van der Waals surface area contributed by atoms with Gasteiger partial charge in [0, 0.05) is 6.07 Å². The number of methoxy groups -OCH3 is 1. The van der Waals surface area contributed by atoms with Crippen LogP contribution in [0.1, 0.15) is 12.5 Å². The van der Waals surface area contributed by atoms with Gasteiger partial charge in [0.05, 0.1) is 25.0 Å². The van der Waals surface area contributed by atoms with E-state index in [-0.39, 0.29) is 5.75 Å². The number of hydrogen-bond donors (Lipinski definition) is 0. The summed E-state index contributed by atoms with van der Waals surface area (Å²) in [7, 11) is 1.10. The van der Waals surface area contributed by atoms with E-state index in [9.17, 15) is 31.2 Å². The van der Waals surface area contributed by atoms with Crippen LogP contribution in [0.4, 0.5) is 32.1 Å². The van der Waals surface area contributed by atoms with Crippen molar-refractivity contribution in [3.05, 3.63) is 23.8 Å². The van der Waals surface area contributed by atoms with Gasteiger partial charge in [-0.3, -0.25) is 0 Å². The van der Waals surface area contributed by atoms with Crippen LogP contribution in [0.15, 0.2) is 18.2 Å². The zero-order valence-electron chi connectivity index (χ0n) is 11.9. The molecular weight excluding hydrogens is 332 g/mol. The molecule has 0 aromatic heterocycles. The number of nitrogens with zero attached hydrogens (tertiary/aromatic N) is 1. The Hall–Kier alpha value is -2.13. The molecule has 2 rings (SSSR count). The maximum absolute atomic E-state index is 14.5. The van der Waals surface area contributed by atoms with Crippen molar-refractivity contribution in [3.63, 3.8) is 0 Å². The number of hydrogen-bond acceptors (Lipinski definition) is 4. The van der Waals surface area contributed by atoms with Gasteiger partial charge in [0.1, 0.15) is 5.75 Å². The Morgan fingerprint density at radius 2 is 1.83 bits per heavy atom. The van der Waals surface area contributed by atoms with Crippen LogP contribution in [0.5, 0.6) is 5.75 Å². The largest absolute Gasteiger partial charge is 0.497 e. The summed E-state index contributed by atoms with van der Waals surface area (Å²) >= 11 is 0. The Labute approximate surface area is 126 Å². The summed E-state index contributed by atoms with van der Waals surface area (Å²) in [5, 5.41) is -1.51. The number of anilines is 1. The number of fused-ring (bicyclic) bond motifs is 1. The van der Waals surface area contributed by atoms with Gasteiger partial charge in [-0.2, -0.15) is 17.6 Å². The van der Waals surface area contributed by atoms with Gasteiger partial charge in [-0.1, -0.05) is 4.48 Å². The summed E-state index contributed by atoms with van der Waals surface area (Å²) in [6.45, 7) is 0.463. The molecule has 0 radical (unpaired) electrons. The summed E-state index contributed by atoms with van der Waals surface area (Å²) in [6, 6.07) is -3.55. The fourth-order valence-corrected chi connectivity index (χ4v) is 2.21. The van der Waals surface area contributed by atoms with Crippen LogP contribution in [0.2, 0.25) is 0 Å². The van der Waals surface area contributed by atoms with E-state index < -0.39 is 46.6 Å². The Bertz CT molecular complexity index is 638. The van der Waals surface area contributed by atoms with Gasteiger partial charge in [-0.25, -0.2) is 9.18 Å². The fourth-order valence-electron chi connectivity index (χ4n) is 2.21. The fraction of sp³-hybridized carbons (Fsp3) is 0.462. The first kappa shape index (κ1) is 17.2. The number of alkyl halides is 5.